The van der Waals surface area contributed by atoms with Crippen LogP contribution in [0, 0.1) is 6.92 Å². The molecule has 0 spiro atoms. The van der Waals surface area contributed by atoms with E-state index in [2.05, 4.69) is 10.1 Å². The van der Waals surface area contributed by atoms with Gasteiger partial charge in [-0.25, -0.2) is 4.98 Å². The SMILES string of the molecule is Cc1nc2cc(-c3cc(C(F)(F)F)[nH]n3)ccc2o1. The highest BCUT2D eigenvalue weighted by Crippen LogP contribution is 2.31. The van der Waals surface area contributed by atoms with E-state index in [0.717, 1.165) is 6.07 Å². The normalized spacial score (nSPS) is 12.2. The van der Waals surface area contributed by atoms with Gasteiger partial charge in [0.15, 0.2) is 11.5 Å². The average molecular weight is 267 g/mol. The van der Waals surface area contributed by atoms with E-state index in [1.807, 2.05) is 5.10 Å². The Morgan fingerprint density at radius 1 is 1.21 bits per heavy atom. The van der Waals surface area contributed by atoms with E-state index in [1.54, 1.807) is 25.1 Å². The van der Waals surface area contributed by atoms with Gasteiger partial charge in [0.1, 0.15) is 11.2 Å². The number of aryl methyl sites for hydroxylation is 1. The number of H-pyrrole nitrogens is 1. The second-order valence-electron chi connectivity index (χ2n) is 4.08. The summed E-state index contributed by atoms with van der Waals surface area (Å²) in [7, 11) is 0. The summed E-state index contributed by atoms with van der Waals surface area (Å²) in [5.74, 6) is 0.505. The molecule has 19 heavy (non-hydrogen) atoms. The van der Waals surface area contributed by atoms with Crippen LogP contribution in [0.5, 0.6) is 0 Å². The largest absolute Gasteiger partial charge is 0.441 e. The number of rotatable bonds is 1. The number of aromatic nitrogens is 3. The quantitative estimate of drug-likeness (QED) is 0.733. The Morgan fingerprint density at radius 3 is 2.68 bits per heavy atom. The van der Waals surface area contributed by atoms with Crippen LogP contribution in [0.15, 0.2) is 28.7 Å². The van der Waals surface area contributed by atoms with E-state index >= 15 is 0 Å². The minimum Gasteiger partial charge on any atom is -0.441 e. The molecule has 3 aromatic rings. The Kier molecular flexibility index (Phi) is 2.38. The molecule has 7 heteroatoms. The number of fused-ring (bicyclic) bond motifs is 1. The third-order valence-corrected chi connectivity index (χ3v) is 2.67. The first-order valence-electron chi connectivity index (χ1n) is 5.44. The van der Waals surface area contributed by atoms with E-state index in [-0.39, 0.29) is 5.69 Å². The Morgan fingerprint density at radius 2 is 2.00 bits per heavy atom. The topological polar surface area (TPSA) is 54.7 Å². The Hall–Kier alpha value is -2.31. The summed E-state index contributed by atoms with van der Waals surface area (Å²) >= 11 is 0. The van der Waals surface area contributed by atoms with Crippen LogP contribution in [0.3, 0.4) is 0 Å². The predicted molar refractivity (Wildman–Crippen MR) is 61.3 cm³/mol. The van der Waals surface area contributed by atoms with Crippen molar-refractivity contribution in [1.82, 2.24) is 15.2 Å². The number of alkyl halides is 3. The zero-order valence-corrected chi connectivity index (χ0v) is 9.75. The summed E-state index contributed by atoms with van der Waals surface area (Å²) in [4.78, 5) is 4.13. The molecule has 0 aliphatic rings. The van der Waals surface area contributed by atoms with Crippen LogP contribution in [-0.2, 0) is 6.18 Å². The maximum absolute atomic E-state index is 12.5. The monoisotopic (exact) mass is 267 g/mol. The number of hydrogen-bond acceptors (Lipinski definition) is 3. The maximum Gasteiger partial charge on any atom is 0.432 e. The van der Waals surface area contributed by atoms with Crippen LogP contribution < -0.4 is 0 Å². The molecule has 0 fully saturated rings. The van der Waals surface area contributed by atoms with Crippen LogP contribution in [0.4, 0.5) is 13.2 Å². The summed E-state index contributed by atoms with van der Waals surface area (Å²) in [5.41, 5.74) is 1.07. The molecule has 0 atom stereocenters. The highest BCUT2D eigenvalue weighted by Gasteiger charge is 2.33. The lowest BCUT2D eigenvalue weighted by atomic mass is 10.1. The number of nitrogens with one attached hydrogen (secondary N) is 1. The van der Waals surface area contributed by atoms with Crippen molar-refractivity contribution in [2.75, 3.05) is 0 Å². The highest BCUT2D eigenvalue weighted by molar-refractivity contribution is 5.79. The van der Waals surface area contributed by atoms with Gasteiger partial charge in [-0.1, -0.05) is 0 Å². The lowest BCUT2D eigenvalue weighted by Crippen LogP contribution is -2.04. The fourth-order valence-corrected chi connectivity index (χ4v) is 1.82. The van der Waals surface area contributed by atoms with Gasteiger partial charge in [-0.15, -0.1) is 0 Å². The molecule has 0 saturated carbocycles. The van der Waals surface area contributed by atoms with E-state index in [0.29, 0.717) is 22.6 Å². The molecule has 4 nitrogen and oxygen atoms in total. The molecule has 3 rings (SSSR count). The molecule has 0 aliphatic carbocycles. The van der Waals surface area contributed by atoms with Crippen molar-refractivity contribution in [3.05, 3.63) is 35.9 Å². The first-order valence-corrected chi connectivity index (χ1v) is 5.44. The minimum atomic E-state index is -4.43. The number of oxazole rings is 1. The molecule has 0 radical (unpaired) electrons. The van der Waals surface area contributed by atoms with Gasteiger partial charge in [-0.05, 0) is 24.3 Å². The van der Waals surface area contributed by atoms with Gasteiger partial charge in [0, 0.05) is 12.5 Å². The molecular formula is C12H8F3N3O. The van der Waals surface area contributed by atoms with Crippen molar-refractivity contribution in [1.29, 1.82) is 0 Å². The molecular weight excluding hydrogens is 259 g/mol. The van der Waals surface area contributed by atoms with Gasteiger partial charge < -0.3 is 4.42 Å². The van der Waals surface area contributed by atoms with Crippen LogP contribution in [0.1, 0.15) is 11.6 Å². The molecule has 0 saturated heterocycles. The van der Waals surface area contributed by atoms with Crippen LogP contribution in [-0.4, -0.2) is 15.2 Å². The first kappa shape index (κ1) is 11.8. The standard InChI is InChI=1S/C12H8F3N3O/c1-6-16-9-4-7(2-3-10(9)19-6)8-5-11(18-17-8)12(13,14)15/h2-5H,1H3,(H,17,18). The minimum absolute atomic E-state index is 0.217. The molecule has 0 bridgehead atoms. The van der Waals surface area contributed by atoms with Gasteiger partial charge in [-0.2, -0.15) is 18.3 Å². The number of aromatic amines is 1. The lowest BCUT2D eigenvalue weighted by Gasteiger charge is -1.99. The summed E-state index contributed by atoms with van der Waals surface area (Å²) in [6.45, 7) is 1.70. The van der Waals surface area contributed by atoms with Crippen molar-refractivity contribution in [3.8, 4) is 11.3 Å². The Bertz CT molecular complexity index is 742. The van der Waals surface area contributed by atoms with Crippen LogP contribution >= 0.6 is 0 Å². The molecule has 1 aromatic carbocycles. The third-order valence-electron chi connectivity index (χ3n) is 2.67. The molecule has 2 aromatic heterocycles. The average Bonchev–Trinajstić information content (AvgIpc) is 2.90. The van der Waals surface area contributed by atoms with Crippen molar-refractivity contribution in [2.45, 2.75) is 13.1 Å². The fraction of sp³-hybridized carbons (Fsp3) is 0.167. The fourth-order valence-electron chi connectivity index (χ4n) is 1.82. The number of nitrogens with zero attached hydrogens (tertiary/aromatic N) is 2. The highest BCUT2D eigenvalue weighted by atomic mass is 19.4. The Labute approximate surface area is 105 Å². The summed E-state index contributed by atoms with van der Waals surface area (Å²) in [6, 6.07) is 5.91. The van der Waals surface area contributed by atoms with Gasteiger partial charge >= 0.3 is 6.18 Å². The van der Waals surface area contributed by atoms with Gasteiger partial charge in [0.05, 0.1) is 5.69 Å². The van der Waals surface area contributed by atoms with Gasteiger partial charge in [0.25, 0.3) is 0 Å². The van der Waals surface area contributed by atoms with E-state index in [4.69, 9.17) is 4.42 Å². The van der Waals surface area contributed by atoms with Gasteiger partial charge in [-0.3, -0.25) is 5.10 Å². The predicted octanol–water partition coefficient (Wildman–Crippen LogP) is 3.55. The zero-order valence-electron chi connectivity index (χ0n) is 9.75. The lowest BCUT2D eigenvalue weighted by molar-refractivity contribution is -0.141. The van der Waals surface area contributed by atoms with E-state index in [9.17, 15) is 13.2 Å². The summed E-state index contributed by atoms with van der Waals surface area (Å²) in [5, 5.41) is 5.64. The zero-order chi connectivity index (χ0) is 13.6. The maximum atomic E-state index is 12.5. The molecule has 0 aliphatic heterocycles. The van der Waals surface area contributed by atoms with Crippen molar-refractivity contribution in [2.24, 2.45) is 0 Å². The smallest absolute Gasteiger partial charge is 0.432 e. The van der Waals surface area contributed by atoms with E-state index < -0.39 is 11.9 Å². The first-order chi connectivity index (χ1) is 8.93. The molecule has 0 amide bonds. The Balaban J connectivity index is 2.06. The number of hydrogen-bond donors (Lipinski definition) is 1. The number of benzene rings is 1. The van der Waals surface area contributed by atoms with E-state index in [1.165, 1.54) is 0 Å². The third kappa shape index (κ3) is 2.07. The van der Waals surface area contributed by atoms with Gasteiger partial charge in [0.2, 0.25) is 0 Å². The molecule has 98 valence electrons. The summed E-state index contributed by atoms with van der Waals surface area (Å²) < 4.78 is 42.7. The summed E-state index contributed by atoms with van der Waals surface area (Å²) in [6.07, 6.45) is -4.43. The molecule has 2 heterocycles. The van der Waals surface area contributed by atoms with Crippen LogP contribution in [0.25, 0.3) is 22.4 Å². The van der Waals surface area contributed by atoms with Crippen molar-refractivity contribution in [3.63, 3.8) is 0 Å². The second-order valence-corrected chi connectivity index (χ2v) is 4.08. The number of halogens is 3. The second kappa shape index (κ2) is 3.84. The van der Waals surface area contributed by atoms with Crippen molar-refractivity contribution >= 4 is 11.1 Å². The van der Waals surface area contributed by atoms with Crippen LogP contribution in [0.2, 0.25) is 0 Å². The van der Waals surface area contributed by atoms with Crippen molar-refractivity contribution < 1.29 is 17.6 Å². The molecule has 1 N–H and O–H groups in total. The molecule has 0 unspecified atom stereocenters.